The molecule has 0 bridgehead atoms. The Kier molecular flexibility index (Phi) is 5.29. The molecule has 114 valence electrons. The first kappa shape index (κ1) is 17.2. The molecule has 0 saturated carbocycles. The van der Waals surface area contributed by atoms with Crippen LogP contribution in [0, 0.1) is 11.3 Å². The number of nitrogens with two attached hydrogens (primary N) is 1. The smallest absolute Gasteiger partial charge is 0.282 e. The van der Waals surface area contributed by atoms with E-state index in [0.717, 1.165) is 12.8 Å². The average molecular weight is 312 g/mol. The molecule has 2 unspecified atom stereocenters. The lowest BCUT2D eigenvalue weighted by molar-refractivity contribution is 0.149. The largest absolute Gasteiger partial charge is 0.327 e. The summed E-state index contributed by atoms with van der Waals surface area (Å²) >= 11 is 0. The number of hydrogen-bond donors (Lipinski definition) is 1. The number of piperidine rings is 1. The van der Waals surface area contributed by atoms with E-state index in [1.807, 2.05) is 13.8 Å². The zero-order valence-electron chi connectivity index (χ0n) is 12.0. The quantitative estimate of drug-likeness (QED) is 0.829. The van der Waals surface area contributed by atoms with Crippen molar-refractivity contribution >= 4 is 22.6 Å². The van der Waals surface area contributed by atoms with Gasteiger partial charge in [0.15, 0.2) is 0 Å². The summed E-state index contributed by atoms with van der Waals surface area (Å²) in [4.78, 5) is 0. The SMILES string of the molecule is CC1CCN(S(=O)(=O)N2CCC(N)C(C)(C)C2)C1.Cl. The minimum atomic E-state index is -3.28. The van der Waals surface area contributed by atoms with Crippen LogP contribution in [0.3, 0.4) is 0 Å². The van der Waals surface area contributed by atoms with Crippen LogP contribution in [-0.2, 0) is 10.2 Å². The van der Waals surface area contributed by atoms with E-state index in [2.05, 4.69) is 6.92 Å². The Hall–Kier alpha value is 0.120. The molecule has 5 nitrogen and oxygen atoms in total. The second kappa shape index (κ2) is 5.85. The fraction of sp³-hybridized carbons (Fsp3) is 1.00. The molecule has 2 aliphatic heterocycles. The molecule has 2 fully saturated rings. The van der Waals surface area contributed by atoms with Crippen molar-refractivity contribution in [2.24, 2.45) is 17.1 Å². The highest BCUT2D eigenvalue weighted by Gasteiger charge is 2.41. The molecule has 2 saturated heterocycles. The lowest BCUT2D eigenvalue weighted by Crippen LogP contribution is -2.56. The second-order valence-corrected chi connectivity index (χ2v) is 8.41. The number of hydrogen-bond acceptors (Lipinski definition) is 3. The molecule has 2 heterocycles. The number of rotatable bonds is 2. The normalized spacial score (nSPS) is 33.1. The summed E-state index contributed by atoms with van der Waals surface area (Å²) < 4.78 is 28.3. The van der Waals surface area contributed by atoms with Crippen molar-refractivity contribution in [1.29, 1.82) is 0 Å². The zero-order valence-corrected chi connectivity index (χ0v) is 13.6. The third kappa shape index (κ3) is 3.42. The molecule has 0 aromatic heterocycles. The maximum absolute atomic E-state index is 12.5. The fourth-order valence-electron chi connectivity index (χ4n) is 2.79. The van der Waals surface area contributed by atoms with Crippen molar-refractivity contribution in [1.82, 2.24) is 8.61 Å². The van der Waals surface area contributed by atoms with Gasteiger partial charge in [0.1, 0.15) is 0 Å². The summed E-state index contributed by atoms with van der Waals surface area (Å²) in [7, 11) is -3.28. The monoisotopic (exact) mass is 311 g/mol. The maximum Gasteiger partial charge on any atom is 0.282 e. The van der Waals surface area contributed by atoms with E-state index in [-0.39, 0.29) is 23.9 Å². The van der Waals surface area contributed by atoms with Gasteiger partial charge in [-0.15, -0.1) is 12.4 Å². The van der Waals surface area contributed by atoms with Crippen molar-refractivity contribution in [3.63, 3.8) is 0 Å². The lowest BCUT2D eigenvalue weighted by Gasteiger charge is -2.42. The van der Waals surface area contributed by atoms with Crippen LogP contribution < -0.4 is 5.73 Å². The Morgan fingerprint density at radius 2 is 1.74 bits per heavy atom. The second-order valence-electron chi connectivity index (χ2n) is 6.48. The number of nitrogens with zero attached hydrogens (tertiary/aromatic N) is 2. The summed E-state index contributed by atoms with van der Waals surface area (Å²) in [5.74, 6) is 0.472. The minimum Gasteiger partial charge on any atom is -0.327 e. The van der Waals surface area contributed by atoms with Gasteiger partial charge in [0, 0.05) is 32.2 Å². The molecule has 0 aromatic rings. The van der Waals surface area contributed by atoms with E-state index in [1.165, 1.54) is 0 Å². The van der Waals surface area contributed by atoms with Gasteiger partial charge < -0.3 is 5.73 Å². The van der Waals surface area contributed by atoms with Crippen molar-refractivity contribution in [3.8, 4) is 0 Å². The van der Waals surface area contributed by atoms with Gasteiger partial charge in [0.2, 0.25) is 0 Å². The van der Waals surface area contributed by atoms with E-state index in [4.69, 9.17) is 5.73 Å². The summed E-state index contributed by atoms with van der Waals surface area (Å²) in [6, 6.07) is 0.0847. The fourth-order valence-corrected chi connectivity index (χ4v) is 4.73. The third-order valence-electron chi connectivity index (χ3n) is 4.32. The van der Waals surface area contributed by atoms with Gasteiger partial charge in [0.05, 0.1) is 0 Å². The third-order valence-corrected chi connectivity index (χ3v) is 6.26. The molecule has 0 amide bonds. The minimum absolute atomic E-state index is 0. The molecule has 7 heteroatoms. The highest BCUT2D eigenvalue weighted by atomic mass is 35.5. The Balaban J connectivity index is 0.00000180. The predicted octanol–water partition coefficient (Wildman–Crippen LogP) is 1.05. The molecular weight excluding hydrogens is 286 g/mol. The Labute approximate surface area is 123 Å². The van der Waals surface area contributed by atoms with Gasteiger partial charge in [-0.3, -0.25) is 0 Å². The van der Waals surface area contributed by atoms with Gasteiger partial charge in [-0.2, -0.15) is 17.0 Å². The number of halogens is 1. The van der Waals surface area contributed by atoms with Crippen LogP contribution in [0.25, 0.3) is 0 Å². The predicted molar refractivity (Wildman–Crippen MR) is 79.5 cm³/mol. The summed E-state index contributed by atoms with van der Waals surface area (Å²) in [6.07, 6.45) is 1.71. The van der Waals surface area contributed by atoms with E-state index in [0.29, 0.717) is 32.1 Å². The molecule has 0 radical (unpaired) electrons. The molecule has 0 spiro atoms. The van der Waals surface area contributed by atoms with Gasteiger partial charge in [-0.1, -0.05) is 20.8 Å². The first-order chi connectivity index (χ1) is 8.23. The van der Waals surface area contributed by atoms with Crippen LogP contribution in [0.5, 0.6) is 0 Å². The average Bonchev–Trinajstić information content (AvgIpc) is 2.69. The summed E-state index contributed by atoms with van der Waals surface area (Å²) in [6.45, 7) is 8.60. The van der Waals surface area contributed by atoms with E-state index < -0.39 is 10.2 Å². The molecule has 0 aromatic carbocycles. The van der Waals surface area contributed by atoms with Crippen LogP contribution >= 0.6 is 12.4 Å². The lowest BCUT2D eigenvalue weighted by atomic mass is 9.81. The topological polar surface area (TPSA) is 66.6 Å². The molecule has 19 heavy (non-hydrogen) atoms. The van der Waals surface area contributed by atoms with E-state index in [9.17, 15) is 8.42 Å². The van der Waals surface area contributed by atoms with Crippen molar-refractivity contribution < 1.29 is 8.42 Å². The highest BCUT2D eigenvalue weighted by molar-refractivity contribution is 7.86. The van der Waals surface area contributed by atoms with Crippen LogP contribution in [-0.4, -0.2) is 49.2 Å². The Morgan fingerprint density at radius 1 is 1.16 bits per heavy atom. The van der Waals surface area contributed by atoms with Gasteiger partial charge in [-0.05, 0) is 24.2 Å². The van der Waals surface area contributed by atoms with Crippen LogP contribution in [0.2, 0.25) is 0 Å². The highest BCUT2D eigenvalue weighted by Crippen LogP contribution is 2.31. The Bertz CT molecular complexity index is 413. The summed E-state index contributed by atoms with van der Waals surface area (Å²) in [5.41, 5.74) is 5.92. The van der Waals surface area contributed by atoms with Crippen LogP contribution in [0.15, 0.2) is 0 Å². The van der Waals surface area contributed by atoms with E-state index in [1.54, 1.807) is 8.61 Å². The Morgan fingerprint density at radius 3 is 2.21 bits per heavy atom. The van der Waals surface area contributed by atoms with Gasteiger partial charge in [0.25, 0.3) is 10.2 Å². The van der Waals surface area contributed by atoms with E-state index >= 15 is 0 Å². The standard InChI is InChI=1S/C12H25N3O2S.ClH/c1-10-4-6-14(8-10)18(16,17)15-7-5-11(13)12(2,3)9-15;/h10-11H,4-9,13H2,1-3H3;1H. The van der Waals surface area contributed by atoms with Crippen LogP contribution in [0.4, 0.5) is 0 Å². The zero-order chi connectivity index (χ0) is 13.6. The molecule has 2 atom stereocenters. The molecule has 2 rings (SSSR count). The molecule has 2 N–H and O–H groups in total. The van der Waals surface area contributed by atoms with Crippen molar-refractivity contribution in [2.75, 3.05) is 26.2 Å². The molecular formula is C12H26ClN3O2S. The molecule has 2 aliphatic rings. The van der Waals surface area contributed by atoms with Crippen molar-refractivity contribution in [2.45, 2.75) is 39.7 Å². The van der Waals surface area contributed by atoms with Crippen molar-refractivity contribution in [3.05, 3.63) is 0 Å². The van der Waals surface area contributed by atoms with Gasteiger partial charge in [-0.25, -0.2) is 0 Å². The summed E-state index contributed by atoms with van der Waals surface area (Å²) in [5, 5.41) is 0. The first-order valence-corrected chi connectivity index (χ1v) is 8.14. The maximum atomic E-state index is 12.5. The first-order valence-electron chi connectivity index (χ1n) is 6.74. The molecule has 0 aliphatic carbocycles. The van der Waals surface area contributed by atoms with Gasteiger partial charge >= 0.3 is 0 Å². The van der Waals surface area contributed by atoms with Crippen LogP contribution in [0.1, 0.15) is 33.6 Å².